The lowest BCUT2D eigenvalue weighted by molar-refractivity contribution is -0.137. The zero-order valence-corrected chi connectivity index (χ0v) is 10.5. The maximum Gasteiger partial charge on any atom is 0.304 e. The zero-order chi connectivity index (χ0) is 13.2. The maximum atomic E-state index is 11.0. The normalized spacial score (nSPS) is 17.5. The standard InChI is InChI=1S/C15H15NO3/c17-15(18)8-11-9-16(10-12-4-3-7-19-12)14-6-2-1-5-13(11)14/h1-7,11H,8-10H2,(H,17,18). The first-order chi connectivity index (χ1) is 9.24. The van der Waals surface area contributed by atoms with Crippen LogP contribution in [0.5, 0.6) is 0 Å². The average molecular weight is 257 g/mol. The molecule has 19 heavy (non-hydrogen) atoms. The zero-order valence-electron chi connectivity index (χ0n) is 10.5. The van der Waals surface area contributed by atoms with Gasteiger partial charge >= 0.3 is 5.97 Å². The molecule has 1 aliphatic rings. The van der Waals surface area contributed by atoms with Crippen LogP contribution in [0.25, 0.3) is 0 Å². The van der Waals surface area contributed by atoms with Gasteiger partial charge in [0.1, 0.15) is 5.76 Å². The number of carbonyl (C=O) groups is 1. The quantitative estimate of drug-likeness (QED) is 0.915. The van der Waals surface area contributed by atoms with E-state index in [-0.39, 0.29) is 12.3 Å². The summed E-state index contributed by atoms with van der Waals surface area (Å²) in [5.41, 5.74) is 2.24. The Kier molecular flexibility index (Phi) is 2.99. The number of fused-ring (bicyclic) bond motifs is 1. The number of nitrogens with zero attached hydrogens (tertiary/aromatic N) is 1. The molecule has 0 saturated carbocycles. The van der Waals surface area contributed by atoms with Gasteiger partial charge in [0, 0.05) is 18.2 Å². The molecule has 4 heteroatoms. The summed E-state index contributed by atoms with van der Waals surface area (Å²) < 4.78 is 5.37. The lowest BCUT2D eigenvalue weighted by atomic mass is 9.98. The van der Waals surface area contributed by atoms with E-state index in [2.05, 4.69) is 4.90 Å². The molecule has 1 unspecified atom stereocenters. The number of benzene rings is 1. The Morgan fingerprint density at radius 3 is 2.89 bits per heavy atom. The summed E-state index contributed by atoms with van der Waals surface area (Å²) in [6, 6.07) is 11.8. The van der Waals surface area contributed by atoms with Gasteiger partial charge in [0.25, 0.3) is 0 Å². The monoisotopic (exact) mass is 257 g/mol. The number of rotatable bonds is 4. The molecule has 0 saturated heterocycles. The summed E-state index contributed by atoms with van der Waals surface area (Å²) in [7, 11) is 0. The Bertz CT molecular complexity index is 577. The van der Waals surface area contributed by atoms with Crippen LogP contribution in [0.3, 0.4) is 0 Å². The Balaban J connectivity index is 1.86. The fourth-order valence-electron chi connectivity index (χ4n) is 2.71. The lowest BCUT2D eigenvalue weighted by Crippen LogP contribution is -2.21. The third-order valence-electron chi connectivity index (χ3n) is 3.51. The summed E-state index contributed by atoms with van der Waals surface area (Å²) in [5.74, 6) is 0.203. The van der Waals surface area contributed by atoms with E-state index in [9.17, 15) is 4.79 Å². The number of hydrogen-bond acceptors (Lipinski definition) is 3. The van der Waals surface area contributed by atoms with Crippen LogP contribution in [0.2, 0.25) is 0 Å². The molecule has 1 aromatic carbocycles. The van der Waals surface area contributed by atoms with Gasteiger partial charge in [0.15, 0.2) is 0 Å². The van der Waals surface area contributed by atoms with Crippen molar-refractivity contribution in [3.63, 3.8) is 0 Å². The second-order valence-electron chi connectivity index (χ2n) is 4.81. The molecule has 3 rings (SSSR count). The molecule has 2 heterocycles. The highest BCUT2D eigenvalue weighted by Crippen LogP contribution is 2.38. The van der Waals surface area contributed by atoms with E-state index >= 15 is 0 Å². The van der Waals surface area contributed by atoms with Gasteiger partial charge in [-0.3, -0.25) is 4.79 Å². The van der Waals surface area contributed by atoms with Gasteiger partial charge in [-0.25, -0.2) is 0 Å². The van der Waals surface area contributed by atoms with Gasteiger partial charge in [-0.1, -0.05) is 18.2 Å². The summed E-state index contributed by atoms with van der Waals surface area (Å²) >= 11 is 0. The minimum Gasteiger partial charge on any atom is -0.481 e. The first-order valence-corrected chi connectivity index (χ1v) is 6.32. The molecule has 0 fully saturated rings. The third-order valence-corrected chi connectivity index (χ3v) is 3.51. The van der Waals surface area contributed by atoms with Crippen molar-refractivity contribution >= 4 is 11.7 Å². The van der Waals surface area contributed by atoms with Gasteiger partial charge in [-0.05, 0) is 23.8 Å². The summed E-state index contributed by atoms with van der Waals surface area (Å²) in [6.07, 6.45) is 1.83. The Morgan fingerprint density at radius 1 is 1.32 bits per heavy atom. The van der Waals surface area contributed by atoms with E-state index in [1.165, 1.54) is 0 Å². The molecule has 2 aromatic rings. The molecule has 0 aliphatic carbocycles. The van der Waals surface area contributed by atoms with Crippen LogP contribution in [0.1, 0.15) is 23.7 Å². The van der Waals surface area contributed by atoms with E-state index in [0.29, 0.717) is 6.54 Å². The van der Waals surface area contributed by atoms with Crippen molar-refractivity contribution in [1.82, 2.24) is 0 Å². The number of furan rings is 1. The van der Waals surface area contributed by atoms with Crippen molar-refractivity contribution in [2.75, 3.05) is 11.4 Å². The fraction of sp³-hybridized carbons (Fsp3) is 0.267. The highest BCUT2D eigenvalue weighted by Gasteiger charge is 2.30. The first-order valence-electron chi connectivity index (χ1n) is 6.32. The summed E-state index contributed by atoms with van der Waals surface area (Å²) in [6.45, 7) is 1.41. The van der Waals surface area contributed by atoms with E-state index in [1.54, 1.807) is 6.26 Å². The van der Waals surface area contributed by atoms with E-state index in [4.69, 9.17) is 9.52 Å². The second kappa shape index (κ2) is 4.80. The predicted molar refractivity (Wildman–Crippen MR) is 71.2 cm³/mol. The van der Waals surface area contributed by atoms with Crippen LogP contribution >= 0.6 is 0 Å². The average Bonchev–Trinajstić information content (AvgIpc) is 2.99. The Labute approximate surface area is 111 Å². The molecule has 1 atom stereocenters. The predicted octanol–water partition coefficient (Wildman–Crippen LogP) is 2.86. The fourth-order valence-corrected chi connectivity index (χ4v) is 2.71. The van der Waals surface area contributed by atoms with Crippen molar-refractivity contribution < 1.29 is 14.3 Å². The molecule has 0 spiro atoms. The van der Waals surface area contributed by atoms with Crippen LogP contribution in [0.15, 0.2) is 47.1 Å². The largest absolute Gasteiger partial charge is 0.481 e. The van der Waals surface area contributed by atoms with E-state index in [1.807, 2.05) is 36.4 Å². The van der Waals surface area contributed by atoms with E-state index < -0.39 is 5.97 Å². The topological polar surface area (TPSA) is 53.7 Å². The second-order valence-corrected chi connectivity index (χ2v) is 4.81. The maximum absolute atomic E-state index is 11.0. The highest BCUT2D eigenvalue weighted by atomic mass is 16.4. The van der Waals surface area contributed by atoms with E-state index in [0.717, 1.165) is 23.6 Å². The van der Waals surface area contributed by atoms with Gasteiger partial charge in [-0.2, -0.15) is 0 Å². The van der Waals surface area contributed by atoms with Crippen molar-refractivity contribution in [1.29, 1.82) is 0 Å². The minimum atomic E-state index is -0.750. The summed E-state index contributed by atoms with van der Waals surface area (Å²) in [5, 5.41) is 9.01. The van der Waals surface area contributed by atoms with Crippen LogP contribution in [0.4, 0.5) is 5.69 Å². The van der Waals surface area contributed by atoms with Crippen molar-refractivity contribution in [3.05, 3.63) is 54.0 Å². The van der Waals surface area contributed by atoms with Crippen molar-refractivity contribution in [3.8, 4) is 0 Å². The van der Waals surface area contributed by atoms with Gasteiger partial charge in [0.05, 0.1) is 19.2 Å². The number of hydrogen-bond donors (Lipinski definition) is 1. The summed E-state index contributed by atoms with van der Waals surface area (Å²) in [4.78, 5) is 13.1. The first kappa shape index (κ1) is 11.8. The van der Waals surface area contributed by atoms with Crippen LogP contribution < -0.4 is 4.90 Å². The molecular formula is C15H15NO3. The Morgan fingerprint density at radius 2 is 2.16 bits per heavy atom. The molecule has 0 radical (unpaired) electrons. The minimum absolute atomic E-state index is 0.0589. The number of para-hydroxylation sites is 1. The van der Waals surface area contributed by atoms with Crippen LogP contribution in [-0.2, 0) is 11.3 Å². The molecule has 4 nitrogen and oxygen atoms in total. The number of anilines is 1. The molecule has 98 valence electrons. The van der Waals surface area contributed by atoms with Crippen LogP contribution in [-0.4, -0.2) is 17.6 Å². The van der Waals surface area contributed by atoms with Crippen molar-refractivity contribution in [2.24, 2.45) is 0 Å². The molecular weight excluding hydrogens is 242 g/mol. The molecule has 1 aliphatic heterocycles. The molecule has 0 amide bonds. The lowest BCUT2D eigenvalue weighted by Gasteiger charge is -2.18. The third kappa shape index (κ3) is 2.34. The SMILES string of the molecule is O=C(O)CC1CN(Cc2ccco2)c2ccccc21. The molecule has 1 aromatic heterocycles. The Hall–Kier alpha value is -2.23. The van der Waals surface area contributed by atoms with Crippen molar-refractivity contribution in [2.45, 2.75) is 18.9 Å². The number of aliphatic carboxylic acids is 1. The van der Waals surface area contributed by atoms with Gasteiger partial charge in [-0.15, -0.1) is 0 Å². The molecule has 1 N–H and O–H groups in total. The van der Waals surface area contributed by atoms with Crippen LogP contribution in [0, 0.1) is 0 Å². The smallest absolute Gasteiger partial charge is 0.304 e. The van der Waals surface area contributed by atoms with Gasteiger partial charge in [0.2, 0.25) is 0 Å². The highest BCUT2D eigenvalue weighted by molar-refractivity contribution is 5.71. The number of carboxylic acids is 1. The van der Waals surface area contributed by atoms with Gasteiger partial charge < -0.3 is 14.4 Å². The molecule has 0 bridgehead atoms. The number of carboxylic acid groups (broad SMARTS) is 1.